The van der Waals surface area contributed by atoms with Gasteiger partial charge in [-0.1, -0.05) is 12.1 Å². The van der Waals surface area contributed by atoms with E-state index >= 15 is 0 Å². The number of ketones is 1. The van der Waals surface area contributed by atoms with E-state index in [9.17, 15) is 9.59 Å². The highest BCUT2D eigenvalue weighted by molar-refractivity contribution is 9.10. The largest absolute Gasteiger partial charge is 0.496 e. The van der Waals surface area contributed by atoms with Gasteiger partial charge in [0, 0.05) is 35.6 Å². The number of benzene rings is 2. The van der Waals surface area contributed by atoms with E-state index in [0.29, 0.717) is 35.6 Å². The van der Waals surface area contributed by atoms with Crippen LogP contribution in [-0.4, -0.2) is 32.0 Å². The van der Waals surface area contributed by atoms with Crippen LogP contribution >= 0.6 is 15.9 Å². The summed E-state index contributed by atoms with van der Waals surface area (Å²) in [5, 5.41) is 2.98. The third kappa shape index (κ3) is 4.78. The zero-order valence-corrected chi connectivity index (χ0v) is 20.8. The van der Waals surface area contributed by atoms with Crippen molar-refractivity contribution >= 4 is 27.6 Å². The van der Waals surface area contributed by atoms with Gasteiger partial charge in [-0.3, -0.25) is 9.59 Å². The van der Waals surface area contributed by atoms with Gasteiger partial charge in [0.1, 0.15) is 17.2 Å². The predicted octanol–water partition coefficient (Wildman–Crippen LogP) is 5.26. The highest BCUT2D eigenvalue weighted by Gasteiger charge is 2.39. The molecule has 1 amide bonds. The minimum Gasteiger partial charge on any atom is -0.496 e. The van der Waals surface area contributed by atoms with Gasteiger partial charge in [-0.2, -0.15) is 0 Å². The molecule has 33 heavy (non-hydrogen) atoms. The van der Waals surface area contributed by atoms with Crippen LogP contribution in [-0.2, 0) is 9.59 Å². The molecule has 4 rings (SSSR count). The summed E-state index contributed by atoms with van der Waals surface area (Å²) in [6.45, 7) is 3.97. The number of halogens is 1. The summed E-state index contributed by atoms with van der Waals surface area (Å²) < 4.78 is 17.5. The molecule has 2 aliphatic rings. The fourth-order valence-corrected chi connectivity index (χ4v) is 5.19. The molecule has 0 bridgehead atoms. The second-order valence-corrected chi connectivity index (χ2v) is 9.54. The predicted molar refractivity (Wildman–Crippen MR) is 129 cm³/mol. The van der Waals surface area contributed by atoms with E-state index in [1.165, 1.54) is 0 Å². The van der Waals surface area contributed by atoms with E-state index in [1.807, 2.05) is 50.2 Å². The van der Waals surface area contributed by atoms with Gasteiger partial charge >= 0.3 is 0 Å². The molecule has 0 radical (unpaired) electrons. The van der Waals surface area contributed by atoms with Crippen LogP contribution < -0.4 is 19.5 Å². The van der Waals surface area contributed by atoms with Crippen molar-refractivity contribution in [3.05, 3.63) is 63.3 Å². The second-order valence-electron chi connectivity index (χ2n) is 8.69. The molecule has 2 aromatic carbocycles. The number of hydrogen-bond acceptors (Lipinski definition) is 5. The lowest BCUT2D eigenvalue weighted by Crippen LogP contribution is -2.38. The van der Waals surface area contributed by atoms with Crippen molar-refractivity contribution in [1.82, 2.24) is 5.32 Å². The van der Waals surface area contributed by atoms with E-state index in [4.69, 9.17) is 14.2 Å². The Morgan fingerprint density at radius 2 is 1.67 bits per heavy atom. The molecule has 1 aliphatic heterocycles. The van der Waals surface area contributed by atoms with Crippen molar-refractivity contribution in [2.75, 3.05) is 14.2 Å². The molecule has 2 atom stereocenters. The van der Waals surface area contributed by atoms with Gasteiger partial charge in [0.2, 0.25) is 5.91 Å². The van der Waals surface area contributed by atoms with Crippen molar-refractivity contribution in [2.45, 2.75) is 51.0 Å². The maximum absolute atomic E-state index is 13.4. The Morgan fingerprint density at radius 1 is 0.970 bits per heavy atom. The molecule has 2 unspecified atom stereocenters. The summed E-state index contributed by atoms with van der Waals surface area (Å²) in [5.41, 5.74) is 3.23. The Kier molecular flexibility index (Phi) is 6.79. The van der Waals surface area contributed by atoms with Crippen molar-refractivity contribution in [1.29, 1.82) is 0 Å². The highest BCUT2D eigenvalue weighted by Crippen LogP contribution is 2.46. The van der Waals surface area contributed by atoms with E-state index in [1.54, 1.807) is 14.2 Å². The zero-order chi connectivity index (χ0) is 23.7. The number of Topliss-reactive ketones (excluding diaryl/α,β-unsaturated/α-hetero) is 1. The molecule has 1 N–H and O–H groups in total. The monoisotopic (exact) mass is 513 g/mol. The van der Waals surface area contributed by atoms with Crippen LogP contribution in [0.2, 0.25) is 0 Å². The molecule has 0 saturated heterocycles. The molecule has 6 nitrogen and oxygen atoms in total. The van der Waals surface area contributed by atoms with Crippen molar-refractivity contribution in [3.63, 3.8) is 0 Å². The quantitative estimate of drug-likeness (QED) is 0.570. The minimum atomic E-state index is -0.374. The minimum absolute atomic E-state index is 0.00440. The van der Waals surface area contributed by atoms with Crippen LogP contribution in [0.5, 0.6) is 17.2 Å². The average Bonchev–Trinajstić information content (AvgIpc) is 2.78. The fourth-order valence-electron chi connectivity index (χ4n) is 4.71. The van der Waals surface area contributed by atoms with E-state index in [2.05, 4.69) is 21.2 Å². The number of allylic oxidation sites excluding steroid dienone is 2. The first-order chi connectivity index (χ1) is 15.8. The molecular formula is C26H28BrNO5. The summed E-state index contributed by atoms with van der Waals surface area (Å²) in [7, 11) is 3.17. The highest BCUT2D eigenvalue weighted by atomic mass is 79.9. The summed E-state index contributed by atoms with van der Waals surface area (Å²) in [5.74, 6) is 1.63. The van der Waals surface area contributed by atoms with E-state index < -0.39 is 0 Å². The molecule has 1 heterocycles. The van der Waals surface area contributed by atoms with Crippen molar-refractivity contribution in [2.24, 2.45) is 0 Å². The Labute approximate surface area is 202 Å². The lowest BCUT2D eigenvalue weighted by molar-refractivity contribution is -0.122. The third-order valence-electron chi connectivity index (χ3n) is 6.14. The number of nitrogens with one attached hydrogen (secondary N) is 1. The first-order valence-electron chi connectivity index (χ1n) is 11.0. The molecular weight excluding hydrogens is 486 g/mol. The number of amides is 1. The van der Waals surface area contributed by atoms with E-state index in [0.717, 1.165) is 21.3 Å². The zero-order valence-electron chi connectivity index (χ0n) is 19.2. The van der Waals surface area contributed by atoms with Crippen LogP contribution in [0.1, 0.15) is 56.1 Å². The Hall–Kier alpha value is -2.80. The average molecular weight is 514 g/mol. The number of carbonyl (C=O) groups excluding carboxylic acids is 2. The standard InChI is InChI=1S/C26H28BrNO5/c1-14(2)33-17-7-5-15(6-8-17)16-9-21-26(22(29)10-16)19(12-25(30)28-21)18-11-24(32-4)20(27)13-23(18)31-3/h5-8,11,13-14,16,19H,9-10,12H2,1-4H3,(H,28,30). The lowest BCUT2D eigenvalue weighted by atomic mass is 9.73. The van der Waals surface area contributed by atoms with Crippen LogP contribution in [0.3, 0.4) is 0 Å². The third-order valence-corrected chi connectivity index (χ3v) is 6.76. The molecule has 0 aromatic heterocycles. The Bertz CT molecular complexity index is 1110. The second kappa shape index (κ2) is 9.59. The smallest absolute Gasteiger partial charge is 0.225 e. The summed E-state index contributed by atoms with van der Waals surface area (Å²) in [6, 6.07) is 11.6. The maximum Gasteiger partial charge on any atom is 0.225 e. The van der Waals surface area contributed by atoms with Crippen LogP contribution in [0, 0.1) is 0 Å². The molecule has 0 spiro atoms. The van der Waals surface area contributed by atoms with Crippen molar-refractivity contribution in [3.8, 4) is 17.2 Å². The van der Waals surface area contributed by atoms with Crippen LogP contribution in [0.4, 0.5) is 0 Å². The molecule has 2 aromatic rings. The summed E-state index contributed by atoms with van der Waals surface area (Å²) in [4.78, 5) is 26.1. The van der Waals surface area contributed by atoms with Gasteiger partial charge < -0.3 is 19.5 Å². The van der Waals surface area contributed by atoms with Gasteiger partial charge in [0.05, 0.1) is 24.8 Å². The SMILES string of the molecule is COc1cc(C2CC(=O)NC3=C2C(=O)CC(c2ccc(OC(C)C)cc2)C3)c(OC)cc1Br. The molecule has 0 saturated carbocycles. The van der Waals surface area contributed by atoms with Gasteiger partial charge in [-0.15, -0.1) is 0 Å². The fraction of sp³-hybridized carbons (Fsp3) is 0.385. The maximum atomic E-state index is 13.4. The van der Waals surface area contributed by atoms with Gasteiger partial charge in [-0.25, -0.2) is 0 Å². The van der Waals surface area contributed by atoms with Crippen molar-refractivity contribution < 1.29 is 23.8 Å². The Morgan fingerprint density at radius 3 is 2.30 bits per heavy atom. The van der Waals surface area contributed by atoms with Gasteiger partial charge in [0.25, 0.3) is 0 Å². The summed E-state index contributed by atoms with van der Waals surface area (Å²) >= 11 is 3.48. The van der Waals surface area contributed by atoms with Gasteiger partial charge in [0.15, 0.2) is 5.78 Å². The van der Waals surface area contributed by atoms with Gasteiger partial charge in [-0.05, 0) is 71.9 Å². The first kappa shape index (κ1) is 23.4. The van der Waals surface area contributed by atoms with E-state index in [-0.39, 0.29) is 36.1 Å². The summed E-state index contributed by atoms with van der Waals surface area (Å²) in [6.07, 6.45) is 1.29. The number of ether oxygens (including phenoxy) is 3. The molecule has 174 valence electrons. The number of methoxy groups -OCH3 is 2. The molecule has 0 fully saturated rings. The first-order valence-corrected chi connectivity index (χ1v) is 11.8. The lowest BCUT2D eigenvalue weighted by Gasteiger charge is -2.35. The molecule has 7 heteroatoms. The molecule has 1 aliphatic carbocycles. The number of hydrogen-bond donors (Lipinski definition) is 1. The van der Waals surface area contributed by atoms with Crippen LogP contribution in [0.25, 0.3) is 0 Å². The topological polar surface area (TPSA) is 73.9 Å². The number of carbonyl (C=O) groups is 2. The normalized spacial score (nSPS) is 20.4. The Balaban J connectivity index is 1.68. The number of rotatable bonds is 6. The van der Waals surface area contributed by atoms with Crippen LogP contribution in [0.15, 0.2) is 52.1 Å².